The van der Waals surface area contributed by atoms with Gasteiger partial charge >= 0.3 is 59.0 Å². The van der Waals surface area contributed by atoms with Gasteiger partial charge in [0.2, 0.25) is 0 Å². The quantitative estimate of drug-likeness (QED) is 0.0642. The lowest BCUT2D eigenvalue weighted by Gasteiger charge is -2.56. The predicted octanol–water partition coefficient (Wildman–Crippen LogP) is 15.8. The van der Waals surface area contributed by atoms with Crippen molar-refractivity contribution in [2.45, 2.75) is 370 Å². The van der Waals surface area contributed by atoms with Crippen LogP contribution in [0.25, 0.3) is 0 Å². The van der Waals surface area contributed by atoms with Crippen LogP contribution < -0.4 is 0 Å². The molecular formula is C91H158N6O20. The summed E-state index contributed by atoms with van der Waals surface area (Å²) in [5.74, 6) is -11.7. The van der Waals surface area contributed by atoms with E-state index in [2.05, 4.69) is 125 Å². The molecule has 0 aromatic rings. The van der Waals surface area contributed by atoms with Gasteiger partial charge in [0.05, 0.1) is 77.9 Å². The van der Waals surface area contributed by atoms with Crippen molar-refractivity contribution >= 4 is 47.8 Å². The number of carbonyl (C=O) groups excluding carboxylic acids is 8. The lowest BCUT2D eigenvalue weighted by molar-refractivity contribution is -0.334. The van der Waals surface area contributed by atoms with Crippen molar-refractivity contribution in [3.63, 3.8) is 0 Å². The van der Waals surface area contributed by atoms with Crippen molar-refractivity contribution in [2.24, 2.45) is 96.1 Å². The molecule has 0 amide bonds. The summed E-state index contributed by atoms with van der Waals surface area (Å²) in [5, 5.41) is 9.39. The molecule has 8 aliphatic heterocycles. The Morgan fingerprint density at radius 2 is 0.496 bits per heavy atom. The number of esters is 2. The Hall–Kier alpha value is -4.64. The molecule has 0 radical (unpaired) electrons. The second kappa shape index (κ2) is 33.5. The Labute approximate surface area is 702 Å². The van der Waals surface area contributed by atoms with E-state index in [1.54, 1.807) is 51.7 Å². The van der Waals surface area contributed by atoms with Gasteiger partial charge in [-0.2, -0.15) is 0 Å². The Morgan fingerprint density at radius 3 is 0.675 bits per heavy atom. The molecule has 8 fully saturated rings. The standard InChI is InChI=1S/C91H158N6O20/c1-37-63(67(100)112-92-45-39-57(3)77(13,14)83(92,25)26)90(69(102)114-94-47-41-59(5)79(17,18)85(94,29)30,70(103)115-95-48-42-60(6)80(19,20)86(95,31)32)110-65(98)51-75(9,10)73-106-53-89(54-107-73)55-108-74(109-56-89)76(11,12)52-66(99)111-91(71(104)116-96-49-43-61(7)81(21,22)87(96,33)34,72(105)117-97-50-44-62(8)82(23,24)88(97,35)36)64(38-2)68(101)113-93-46-40-58(4)78(15,16)84(93,27)28/h57-64,73-74H,37-56H2,1-36H3. The highest BCUT2D eigenvalue weighted by molar-refractivity contribution is 6.10. The first-order valence-corrected chi connectivity index (χ1v) is 44.0. The van der Waals surface area contributed by atoms with E-state index in [-0.39, 0.29) is 112 Å². The van der Waals surface area contributed by atoms with E-state index >= 15 is 38.4 Å². The van der Waals surface area contributed by atoms with E-state index in [4.69, 9.17) is 57.4 Å². The van der Waals surface area contributed by atoms with Crippen molar-refractivity contribution in [3.05, 3.63) is 0 Å². The Morgan fingerprint density at radius 1 is 0.316 bits per heavy atom. The molecule has 0 aliphatic carbocycles. The lowest BCUT2D eigenvalue weighted by atomic mass is 9.63. The molecule has 8 heterocycles. The van der Waals surface area contributed by atoms with Gasteiger partial charge < -0.3 is 57.4 Å². The maximum atomic E-state index is 16.2. The fraction of sp³-hybridized carbons (Fsp3) is 0.912. The van der Waals surface area contributed by atoms with Crippen LogP contribution in [0.5, 0.6) is 0 Å². The number of carbonyl (C=O) groups is 8. The largest absolute Gasteiger partial charge is 0.434 e. The monoisotopic (exact) mass is 1660 g/mol. The van der Waals surface area contributed by atoms with E-state index in [1.165, 1.54) is 20.3 Å². The van der Waals surface area contributed by atoms with Crippen LogP contribution in [-0.2, 0) is 95.8 Å². The van der Waals surface area contributed by atoms with E-state index in [9.17, 15) is 0 Å². The van der Waals surface area contributed by atoms with Gasteiger partial charge in [-0.3, -0.25) is 9.59 Å². The molecule has 0 bridgehead atoms. The second-order valence-electron chi connectivity index (χ2n) is 44.9. The maximum absolute atomic E-state index is 16.2. The van der Waals surface area contributed by atoms with Gasteiger partial charge in [-0.1, -0.05) is 166 Å². The SMILES string of the molecule is CCC(C(=O)ON1CCC(C)C(C)(C)C1(C)C)C(OC(=O)CC(C)(C)C1OCC2(CO1)COC(C(C)(C)CC(=O)OC(C(=O)ON1CCC(C)C(C)(C)C1(C)C)(C(=O)ON1CCC(C)C(C)(C)C1(C)C)C(CC)C(=O)ON1CCC(C)C(C)(C)C1(C)C)OC2)(C(=O)ON1CCC(C)C(C)(C)C1(C)C)C(=O)ON1CCC(C)C(C)(C)C1(C)C. The molecular weight excluding hydrogens is 1500 g/mol. The number of hydroxylamine groups is 12. The molecule has 8 saturated heterocycles. The molecule has 0 N–H and O–H groups in total. The molecule has 26 heteroatoms. The first-order chi connectivity index (χ1) is 53.1. The minimum absolute atomic E-state index is 0.0124. The minimum Gasteiger partial charge on any atom is -0.434 e. The minimum atomic E-state index is -3.10. The maximum Gasteiger partial charge on any atom is 0.382 e. The highest BCUT2D eigenvalue weighted by atomic mass is 16.8. The van der Waals surface area contributed by atoms with Gasteiger partial charge in [-0.05, 0) is 202 Å². The fourth-order valence-corrected chi connectivity index (χ4v) is 19.1. The highest BCUT2D eigenvalue weighted by Gasteiger charge is 2.70. The van der Waals surface area contributed by atoms with Crippen LogP contribution >= 0.6 is 0 Å². The first-order valence-electron chi connectivity index (χ1n) is 44.0. The molecule has 8 aliphatic rings. The zero-order valence-electron chi connectivity index (χ0n) is 79.3. The van der Waals surface area contributed by atoms with Crippen LogP contribution in [0.1, 0.15) is 313 Å². The number of piperidine rings is 6. The fourth-order valence-electron chi connectivity index (χ4n) is 19.1. The van der Waals surface area contributed by atoms with Crippen molar-refractivity contribution in [3.8, 4) is 0 Å². The summed E-state index contributed by atoms with van der Waals surface area (Å²) in [6, 6.07) is 0. The zero-order valence-corrected chi connectivity index (χ0v) is 79.3. The van der Waals surface area contributed by atoms with Gasteiger partial charge in [0.25, 0.3) is 0 Å². The summed E-state index contributed by atoms with van der Waals surface area (Å²) < 4.78 is 39.6. The number of rotatable bonds is 24. The van der Waals surface area contributed by atoms with Crippen molar-refractivity contribution < 1.29 is 95.8 Å². The third-order valence-corrected chi connectivity index (χ3v) is 35.1. The highest BCUT2D eigenvalue weighted by Crippen LogP contribution is 2.56. The molecule has 0 saturated carbocycles. The molecule has 26 nitrogen and oxygen atoms in total. The van der Waals surface area contributed by atoms with E-state index in [0.717, 1.165) is 0 Å². The Kier molecular flexibility index (Phi) is 28.0. The number of hydrogen-bond acceptors (Lipinski definition) is 26. The smallest absolute Gasteiger partial charge is 0.382 e. The van der Waals surface area contributed by atoms with E-state index < -0.39 is 167 Å². The summed E-state index contributed by atoms with van der Waals surface area (Å²) >= 11 is 0. The van der Waals surface area contributed by atoms with Crippen molar-refractivity contribution in [1.29, 1.82) is 0 Å². The van der Waals surface area contributed by atoms with Gasteiger partial charge in [0.1, 0.15) is 11.8 Å². The molecule has 8 unspecified atom stereocenters. The number of nitrogens with zero attached hydrogens (tertiary/aromatic N) is 6. The third kappa shape index (κ3) is 17.1. The van der Waals surface area contributed by atoms with Gasteiger partial charge in [0, 0.05) is 50.1 Å². The predicted molar refractivity (Wildman–Crippen MR) is 442 cm³/mol. The topological polar surface area (TPSA) is 267 Å². The second-order valence-corrected chi connectivity index (χ2v) is 44.9. The molecule has 8 atom stereocenters. The average molecular weight is 1660 g/mol. The summed E-state index contributed by atoms with van der Waals surface area (Å²) in [7, 11) is 0. The van der Waals surface area contributed by atoms with Crippen LogP contribution in [0.2, 0.25) is 0 Å². The first kappa shape index (κ1) is 97.8. The molecule has 0 aromatic carbocycles. The van der Waals surface area contributed by atoms with Gasteiger partial charge in [-0.15, -0.1) is 30.4 Å². The summed E-state index contributed by atoms with van der Waals surface area (Å²) in [6.45, 7) is 73.7. The molecule has 8 rings (SSSR count). The van der Waals surface area contributed by atoms with Crippen LogP contribution in [0.15, 0.2) is 0 Å². The van der Waals surface area contributed by atoms with Crippen molar-refractivity contribution in [2.75, 3.05) is 65.7 Å². The van der Waals surface area contributed by atoms with Crippen LogP contribution in [0.3, 0.4) is 0 Å². The van der Waals surface area contributed by atoms with Crippen LogP contribution in [-0.4, -0.2) is 201 Å². The van der Waals surface area contributed by atoms with Crippen molar-refractivity contribution in [1.82, 2.24) is 30.4 Å². The summed E-state index contributed by atoms with van der Waals surface area (Å²) in [4.78, 5) is 166. The summed E-state index contributed by atoms with van der Waals surface area (Å²) in [6.07, 6.45) is 0.0937. The van der Waals surface area contributed by atoms with Crippen LogP contribution in [0, 0.1) is 96.1 Å². The van der Waals surface area contributed by atoms with E-state index in [0.29, 0.717) is 51.6 Å². The normalized spacial score (nSPS) is 32.4. The Balaban J connectivity index is 1.07. The molecule has 0 aromatic heterocycles. The zero-order chi connectivity index (χ0) is 89.0. The number of ether oxygens (including phenoxy) is 6. The molecule has 672 valence electrons. The summed E-state index contributed by atoms with van der Waals surface area (Å²) in [5.41, 5.74) is -17.1. The number of hydrogen-bond donors (Lipinski definition) is 0. The molecule has 1 spiro atoms. The average Bonchev–Trinajstić information content (AvgIpc) is 0.731. The van der Waals surface area contributed by atoms with Gasteiger partial charge in [0.15, 0.2) is 12.6 Å². The van der Waals surface area contributed by atoms with Gasteiger partial charge in [-0.25, -0.2) is 28.8 Å². The molecule has 117 heavy (non-hydrogen) atoms. The Bertz CT molecular complexity index is 3260. The van der Waals surface area contributed by atoms with E-state index in [1.807, 2.05) is 83.1 Å². The third-order valence-electron chi connectivity index (χ3n) is 35.1. The lowest BCUT2D eigenvalue weighted by Crippen LogP contribution is -2.68. The van der Waals surface area contributed by atoms with Crippen LogP contribution in [0.4, 0.5) is 0 Å².